The van der Waals surface area contributed by atoms with Gasteiger partial charge in [-0.1, -0.05) is 13.8 Å². The van der Waals surface area contributed by atoms with Gasteiger partial charge in [-0.25, -0.2) is 17.5 Å². The maximum atomic E-state index is 13.2. The number of rotatable bonds is 4. The largest absolute Gasteiger partial charge is 0.396 e. The third kappa shape index (κ3) is 3.20. The average molecular weight is 274 g/mol. The summed E-state index contributed by atoms with van der Waals surface area (Å²) in [5, 5.41) is 0. The fourth-order valence-corrected chi connectivity index (χ4v) is 3.06. The molecule has 0 saturated carbocycles. The first kappa shape index (κ1) is 14.9. The highest BCUT2D eigenvalue weighted by atomic mass is 32.2. The molecule has 0 bridgehead atoms. The lowest BCUT2D eigenvalue weighted by Crippen LogP contribution is -2.36. The van der Waals surface area contributed by atoms with E-state index in [0.717, 1.165) is 12.1 Å². The second-order valence-corrected chi connectivity index (χ2v) is 6.48. The quantitative estimate of drug-likeness (QED) is 0.825. The Bertz CT molecular complexity index is 541. The zero-order chi connectivity index (χ0) is 14.1. The Morgan fingerprint density at radius 1 is 1.28 bits per heavy atom. The van der Waals surface area contributed by atoms with E-state index in [1.54, 1.807) is 6.92 Å². The van der Waals surface area contributed by atoms with Crippen molar-refractivity contribution in [2.75, 3.05) is 5.73 Å². The molecule has 1 aromatic rings. The molecule has 1 aromatic carbocycles. The molecule has 0 amide bonds. The van der Waals surface area contributed by atoms with Crippen molar-refractivity contribution < 1.29 is 12.8 Å². The average Bonchev–Trinajstić information content (AvgIpc) is 2.22. The molecule has 0 fully saturated rings. The third-order valence-electron chi connectivity index (χ3n) is 2.92. The van der Waals surface area contributed by atoms with Gasteiger partial charge in [-0.05, 0) is 37.5 Å². The maximum Gasteiger partial charge on any atom is 0.241 e. The Balaban J connectivity index is 3.17. The van der Waals surface area contributed by atoms with Crippen molar-refractivity contribution in [1.29, 1.82) is 0 Å². The van der Waals surface area contributed by atoms with E-state index in [0.29, 0.717) is 5.56 Å². The Kier molecular flexibility index (Phi) is 4.34. The highest BCUT2D eigenvalue weighted by Crippen LogP contribution is 2.22. The molecule has 4 nitrogen and oxygen atoms in total. The molecule has 6 heteroatoms. The lowest BCUT2D eigenvalue weighted by Gasteiger charge is -2.18. The number of sulfonamides is 1. The van der Waals surface area contributed by atoms with Crippen LogP contribution in [-0.2, 0) is 10.0 Å². The standard InChI is InChI=1S/C12H19FN2O2S/c1-7(2)9(4)15-18(16,17)12-6-11(14)10(13)5-8(12)3/h5-7,9,15H,14H2,1-4H3. The van der Waals surface area contributed by atoms with Gasteiger partial charge >= 0.3 is 0 Å². The zero-order valence-corrected chi connectivity index (χ0v) is 11.8. The van der Waals surface area contributed by atoms with Crippen LogP contribution in [0.4, 0.5) is 10.1 Å². The number of anilines is 1. The van der Waals surface area contributed by atoms with Crippen LogP contribution in [0, 0.1) is 18.7 Å². The number of halogens is 1. The van der Waals surface area contributed by atoms with Gasteiger partial charge in [0.2, 0.25) is 10.0 Å². The Morgan fingerprint density at radius 2 is 1.83 bits per heavy atom. The van der Waals surface area contributed by atoms with Crippen molar-refractivity contribution in [2.45, 2.75) is 38.6 Å². The van der Waals surface area contributed by atoms with Gasteiger partial charge in [0, 0.05) is 6.04 Å². The molecule has 0 saturated heterocycles. The summed E-state index contributed by atoms with van der Waals surface area (Å²) in [6, 6.07) is 2.07. The van der Waals surface area contributed by atoms with Gasteiger partial charge in [0.1, 0.15) is 5.82 Å². The lowest BCUT2D eigenvalue weighted by molar-refractivity contribution is 0.476. The molecule has 1 rings (SSSR count). The van der Waals surface area contributed by atoms with Crippen LogP contribution in [0.1, 0.15) is 26.3 Å². The SMILES string of the molecule is Cc1cc(F)c(N)cc1S(=O)(=O)NC(C)C(C)C. The molecule has 18 heavy (non-hydrogen) atoms. The van der Waals surface area contributed by atoms with Gasteiger partial charge < -0.3 is 5.73 Å². The van der Waals surface area contributed by atoms with Crippen molar-refractivity contribution >= 4 is 15.7 Å². The van der Waals surface area contributed by atoms with E-state index in [2.05, 4.69) is 4.72 Å². The van der Waals surface area contributed by atoms with Crippen LogP contribution in [0.2, 0.25) is 0 Å². The molecule has 102 valence electrons. The summed E-state index contributed by atoms with van der Waals surface area (Å²) < 4.78 is 40.0. The summed E-state index contributed by atoms with van der Waals surface area (Å²) in [6.07, 6.45) is 0. The molecule has 0 radical (unpaired) electrons. The molecule has 0 heterocycles. The van der Waals surface area contributed by atoms with Crippen molar-refractivity contribution in [2.24, 2.45) is 5.92 Å². The Hall–Kier alpha value is -1.14. The molecule has 0 aliphatic carbocycles. The van der Waals surface area contributed by atoms with Gasteiger partial charge in [-0.2, -0.15) is 0 Å². The summed E-state index contributed by atoms with van der Waals surface area (Å²) in [5.74, 6) is -0.443. The maximum absolute atomic E-state index is 13.2. The summed E-state index contributed by atoms with van der Waals surface area (Å²) in [4.78, 5) is 0.0221. The molecule has 0 aromatic heterocycles. The van der Waals surface area contributed by atoms with Gasteiger partial charge in [-0.15, -0.1) is 0 Å². The Labute approximate surface area is 107 Å². The number of hydrogen-bond acceptors (Lipinski definition) is 3. The third-order valence-corrected chi connectivity index (χ3v) is 4.63. The summed E-state index contributed by atoms with van der Waals surface area (Å²) in [5.41, 5.74) is 5.58. The van der Waals surface area contributed by atoms with Crippen LogP contribution in [0.5, 0.6) is 0 Å². The predicted octanol–water partition coefficient (Wildman–Crippen LogP) is 2.04. The van der Waals surface area contributed by atoms with Gasteiger partial charge in [0.25, 0.3) is 0 Å². The van der Waals surface area contributed by atoms with Crippen LogP contribution in [0.15, 0.2) is 17.0 Å². The smallest absolute Gasteiger partial charge is 0.241 e. The fourth-order valence-electron chi connectivity index (χ4n) is 1.40. The van der Waals surface area contributed by atoms with Gasteiger partial charge in [-0.3, -0.25) is 0 Å². The predicted molar refractivity (Wildman–Crippen MR) is 70.2 cm³/mol. The lowest BCUT2D eigenvalue weighted by atomic mass is 10.1. The normalized spacial score (nSPS) is 13.9. The highest BCUT2D eigenvalue weighted by molar-refractivity contribution is 7.89. The van der Waals surface area contributed by atoms with Gasteiger partial charge in [0.15, 0.2) is 0 Å². The van der Waals surface area contributed by atoms with Crippen LogP contribution in [0.25, 0.3) is 0 Å². The van der Waals surface area contributed by atoms with E-state index in [4.69, 9.17) is 5.73 Å². The van der Waals surface area contributed by atoms with E-state index >= 15 is 0 Å². The molecule has 0 spiro atoms. The number of hydrogen-bond donors (Lipinski definition) is 2. The minimum Gasteiger partial charge on any atom is -0.396 e. The number of aryl methyl sites for hydroxylation is 1. The second-order valence-electron chi connectivity index (χ2n) is 4.79. The minimum atomic E-state index is -3.67. The van der Waals surface area contributed by atoms with Crippen LogP contribution >= 0.6 is 0 Å². The van der Waals surface area contributed by atoms with E-state index < -0.39 is 15.8 Å². The second kappa shape index (κ2) is 5.24. The van der Waals surface area contributed by atoms with Crippen LogP contribution < -0.4 is 10.5 Å². The minimum absolute atomic E-state index is 0.0221. The Morgan fingerprint density at radius 3 is 2.33 bits per heavy atom. The van der Waals surface area contributed by atoms with Crippen molar-refractivity contribution in [1.82, 2.24) is 4.72 Å². The number of benzene rings is 1. The number of nitrogen functional groups attached to an aromatic ring is 1. The molecule has 1 unspecified atom stereocenters. The molecular formula is C12H19FN2O2S. The van der Waals surface area contributed by atoms with E-state index in [-0.39, 0.29) is 22.5 Å². The highest BCUT2D eigenvalue weighted by Gasteiger charge is 2.22. The monoisotopic (exact) mass is 274 g/mol. The van der Waals surface area contributed by atoms with Crippen LogP contribution in [-0.4, -0.2) is 14.5 Å². The zero-order valence-electron chi connectivity index (χ0n) is 11.0. The fraction of sp³-hybridized carbons (Fsp3) is 0.500. The first-order chi connectivity index (χ1) is 8.15. The molecule has 0 aliphatic rings. The summed E-state index contributed by atoms with van der Waals surface area (Å²) in [7, 11) is -3.67. The number of nitrogens with one attached hydrogen (secondary N) is 1. The van der Waals surface area contributed by atoms with Crippen molar-refractivity contribution in [3.8, 4) is 0 Å². The molecule has 0 aliphatic heterocycles. The molecular weight excluding hydrogens is 255 g/mol. The van der Waals surface area contributed by atoms with E-state index in [1.807, 2.05) is 13.8 Å². The molecule has 1 atom stereocenters. The van der Waals surface area contributed by atoms with Crippen LogP contribution in [0.3, 0.4) is 0 Å². The van der Waals surface area contributed by atoms with E-state index in [9.17, 15) is 12.8 Å². The summed E-state index contributed by atoms with van der Waals surface area (Å²) >= 11 is 0. The number of nitrogens with two attached hydrogens (primary N) is 1. The summed E-state index contributed by atoms with van der Waals surface area (Å²) in [6.45, 7) is 7.15. The van der Waals surface area contributed by atoms with Gasteiger partial charge in [0.05, 0.1) is 10.6 Å². The van der Waals surface area contributed by atoms with E-state index in [1.165, 1.54) is 6.92 Å². The topological polar surface area (TPSA) is 72.2 Å². The first-order valence-electron chi connectivity index (χ1n) is 5.73. The van der Waals surface area contributed by atoms with Crippen molar-refractivity contribution in [3.05, 3.63) is 23.5 Å². The first-order valence-corrected chi connectivity index (χ1v) is 7.21. The molecule has 3 N–H and O–H groups in total. The van der Waals surface area contributed by atoms with Crippen molar-refractivity contribution in [3.63, 3.8) is 0 Å².